The van der Waals surface area contributed by atoms with E-state index in [-0.39, 0.29) is 5.92 Å². The number of hydrogen-bond acceptors (Lipinski definition) is 6. The summed E-state index contributed by atoms with van der Waals surface area (Å²) >= 11 is 0. The summed E-state index contributed by atoms with van der Waals surface area (Å²) in [6.07, 6.45) is 5.71. The number of pyridine rings is 1. The summed E-state index contributed by atoms with van der Waals surface area (Å²) in [5.74, 6) is 2.19. The number of rotatable bonds is 5. The Kier molecular flexibility index (Phi) is 5.40. The van der Waals surface area contributed by atoms with Gasteiger partial charge in [-0.1, -0.05) is 24.3 Å². The van der Waals surface area contributed by atoms with Crippen molar-refractivity contribution in [3.05, 3.63) is 71.6 Å². The molecule has 4 aromatic rings. The van der Waals surface area contributed by atoms with Crippen LogP contribution in [0.2, 0.25) is 0 Å². The molecule has 34 heavy (non-hydrogen) atoms. The Morgan fingerprint density at radius 3 is 2.59 bits per heavy atom. The van der Waals surface area contributed by atoms with Gasteiger partial charge in [0.05, 0.1) is 30.6 Å². The molecule has 0 spiro atoms. The number of aromatic nitrogens is 6. The molecule has 0 amide bonds. The SMILES string of the molecule is COc1nc(-c2nc3n(n2)CCC[C@@H]3c2ccc(C(C)(C)C#N)cc2)ccc1-n1cnc(C)c1. The van der Waals surface area contributed by atoms with Crippen molar-refractivity contribution in [3.8, 4) is 29.2 Å². The number of fused-ring (bicyclic) bond motifs is 1. The van der Waals surface area contributed by atoms with Crippen LogP contribution < -0.4 is 4.74 Å². The first kappa shape index (κ1) is 21.8. The third-order valence-electron chi connectivity index (χ3n) is 6.44. The van der Waals surface area contributed by atoms with Gasteiger partial charge >= 0.3 is 0 Å². The van der Waals surface area contributed by atoms with Crippen LogP contribution in [0.15, 0.2) is 48.9 Å². The third-order valence-corrected chi connectivity index (χ3v) is 6.44. The van der Waals surface area contributed by atoms with Gasteiger partial charge in [0.1, 0.15) is 17.2 Å². The summed E-state index contributed by atoms with van der Waals surface area (Å²) in [7, 11) is 1.61. The van der Waals surface area contributed by atoms with E-state index in [1.54, 1.807) is 13.4 Å². The summed E-state index contributed by atoms with van der Waals surface area (Å²) in [6.45, 7) is 6.65. The Labute approximate surface area is 198 Å². The molecule has 1 aliphatic rings. The largest absolute Gasteiger partial charge is 0.479 e. The van der Waals surface area contributed by atoms with Gasteiger partial charge < -0.3 is 9.30 Å². The molecule has 4 heterocycles. The average Bonchev–Trinajstić information content (AvgIpc) is 3.50. The van der Waals surface area contributed by atoms with Crippen molar-refractivity contribution in [1.29, 1.82) is 5.26 Å². The van der Waals surface area contributed by atoms with Gasteiger partial charge in [0.25, 0.3) is 0 Å². The molecular formula is C26H27N7O. The number of methoxy groups -OCH3 is 1. The van der Waals surface area contributed by atoms with Crippen LogP contribution in [0, 0.1) is 18.3 Å². The molecule has 172 valence electrons. The van der Waals surface area contributed by atoms with Crippen molar-refractivity contribution in [1.82, 2.24) is 29.3 Å². The summed E-state index contributed by atoms with van der Waals surface area (Å²) in [5.41, 5.74) is 4.10. The molecule has 0 N–H and O–H groups in total. The lowest BCUT2D eigenvalue weighted by Gasteiger charge is -2.23. The van der Waals surface area contributed by atoms with E-state index in [0.717, 1.165) is 42.2 Å². The number of nitriles is 1. The highest BCUT2D eigenvalue weighted by molar-refractivity contribution is 5.55. The number of imidazole rings is 1. The molecule has 0 saturated carbocycles. The standard InChI is InChI=1S/C26H27N7O/c1-17-14-32(16-28-17)22-12-11-21(29-25(22)34-4)23-30-24-20(6-5-13-33(24)31-23)18-7-9-19(10-8-18)26(2,3)15-27/h7-12,14,16,20H,5-6,13H2,1-4H3/t20-/m1/s1. The second-order valence-corrected chi connectivity index (χ2v) is 9.22. The van der Waals surface area contributed by atoms with Crippen molar-refractivity contribution in [2.45, 2.75) is 51.5 Å². The van der Waals surface area contributed by atoms with Crippen molar-refractivity contribution >= 4 is 0 Å². The fraction of sp³-hybridized carbons (Fsp3) is 0.346. The van der Waals surface area contributed by atoms with E-state index in [9.17, 15) is 5.26 Å². The highest BCUT2D eigenvalue weighted by Gasteiger charge is 2.28. The van der Waals surface area contributed by atoms with Crippen LogP contribution in [-0.4, -0.2) is 36.4 Å². The number of nitrogens with zero attached hydrogens (tertiary/aromatic N) is 7. The minimum Gasteiger partial charge on any atom is -0.479 e. The Hall–Kier alpha value is -3.99. The van der Waals surface area contributed by atoms with E-state index < -0.39 is 5.41 Å². The van der Waals surface area contributed by atoms with Crippen LogP contribution in [0.3, 0.4) is 0 Å². The average molecular weight is 454 g/mol. The molecule has 0 aliphatic carbocycles. The van der Waals surface area contributed by atoms with Crippen LogP contribution in [-0.2, 0) is 12.0 Å². The molecule has 1 atom stereocenters. The van der Waals surface area contributed by atoms with E-state index >= 15 is 0 Å². The van der Waals surface area contributed by atoms with Crippen LogP contribution in [0.4, 0.5) is 0 Å². The predicted molar refractivity (Wildman–Crippen MR) is 128 cm³/mol. The fourth-order valence-corrected chi connectivity index (χ4v) is 4.43. The molecule has 0 saturated heterocycles. The van der Waals surface area contributed by atoms with E-state index in [0.29, 0.717) is 17.4 Å². The van der Waals surface area contributed by atoms with E-state index in [4.69, 9.17) is 19.8 Å². The first-order valence-electron chi connectivity index (χ1n) is 11.4. The van der Waals surface area contributed by atoms with Gasteiger partial charge in [-0.3, -0.25) is 0 Å². The topological polar surface area (TPSA) is 94.4 Å². The maximum Gasteiger partial charge on any atom is 0.238 e. The van der Waals surface area contributed by atoms with Gasteiger partial charge in [0.2, 0.25) is 5.88 Å². The molecule has 0 bridgehead atoms. The highest BCUT2D eigenvalue weighted by Crippen LogP contribution is 2.35. The minimum absolute atomic E-state index is 0.157. The monoisotopic (exact) mass is 453 g/mol. The van der Waals surface area contributed by atoms with Crippen LogP contribution in [0.5, 0.6) is 5.88 Å². The van der Waals surface area contributed by atoms with Crippen molar-refractivity contribution < 1.29 is 4.74 Å². The normalized spacial score (nSPS) is 15.6. The van der Waals surface area contributed by atoms with Crippen molar-refractivity contribution in [2.75, 3.05) is 7.11 Å². The lowest BCUT2D eigenvalue weighted by atomic mass is 9.84. The zero-order valence-electron chi connectivity index (χ0n) is 19.9. The van der Waals surface area contributed by atoms with Crippen molar-refractivity contribution in [3.63, 3.8) is 0 Å². The molecule has 8 nitrogen and oxygen atoms in total. The second kappa shape index (κ2) is 8.41. The number of benzene rings is 1. The zero-order chi connectivity index (χ0) is 23.9. The minimum atomic E-state index is -0.509. The quantitative estimate of drug-likeness (QED) is 0.439. The van der Waals surface area contributed by atoms with Gasteiger partial charge in [-0.05, 0) is 56.9 Å². The molecule has 5 rings (SSSR count). The van der Waals surface area contributed by atoms with Gasteiger partial charge in [-0.2, -0.15) is 5.26 Å². The predicted octanol–water partition coefficient (Wildman–Crippen LogP) is 4.57. The zero-order valence-corrected chi connectivity index (χ0v) is 19.9. The number of hydrogen-bond donors (Lipinski definition) is 0. The molecule has 3 aromatic heterocycles. The van der Waals surface area contributed by atoms with Gasteiger partial charge in [0, 0.05) is 18.7 Å². The molecule has 1 aliphatic heterocycles. The Bertz CT molecular complexity index is 1380. The smallest absolute Gasteiger partial charge is 0.238 e. The van der Waals surface area contributed by atoms with Gasteiger partial charge in [0.15, 0.2) is 5.82 Å². The lowest BCUT2D eigenvalue weighted by Crippen LogP contribution is -2.18. The maximum atomic E-state index is 9.44. The van der Waals surface area contributed by atoms with E-state index in [2.05, 4.69) is 35.3 Å². The number of aryl methyl sites for hydroxylation is 2. The number of ether oxygens (including phenoxy) is 1. The molecule has 0 radical (unpaired) electrons. The molecule has 8 heteroatoms. The molecule has 0 fully saturated rings. The summed E-state index contributed by atoms with van der Waals surface area (Å²) in [6, 6.07) is 14.6. The second-order valence-electron chi connectivity index (χ2n) is 9.22. The Balaban J connectivity index is 1.48. The summed E-state index contributed by atoms with van der Waals surface area (Å²) in [4.78, 5) is 13.9. The highest BCUT2D eigenvalue weighted by atomic mass is 16.5. The van der Waals surface area contributed by atoms with Crippen molar-refractivity contribution in [2.24, 2.45) is 0 Å². The Morgan fingerprint density at radius 1 is 1.12 bits per heavy atom. The van der Waals surface area contributed by atoms with Crippen LogP contribution in [0.1, 0.15) is 55.3 Å². The third kappa shape index (κ3) is 3.83. The van der Waals surface area contributed by atoms with E-state index in [1.807, 2.05) is 48.3 Å². The maximum absolute atomic E-state index is 9.44. The Morgan fingerprint density at radius 2 is 1.91 bits per heavy atom. The fourth-order valence-electron chi connectivity index (χ4n) is 4.43. The molecule has 1 aromatic carbocycles. The first-order chi connectivity index (χ1) is 16.4. The summed E-state index contributed by atoms with van der Waals surface area (Å²) < 4.78 is 9.46. The first-order valence-corrected chi connectivity index (χ1v) is 11.4. The van der Waals surface area contributed by atoms with Crippen LogP contribution in [0.25, 0.3) is 17.2 Å². The van der Waals surface area contributed by atoms with Gasteiger partial charge in [-0.15, -0.1) is 5.10 Å². The lowest BCUT2D eigenvalue weighted by molar-refractivity contribution is 0.396. The molecular weight excluding hydrogens is 426 g/mol. The molecule has 0 unspecified atom stereocenters. The van der Waals surface area contributed by atoms with Crippen LogP contribution >= 0.6 is 0 Å². The van der Waals surface area contributed by atoms with E-state index in [1.165, 1.54) is 5.56 Å². The van der Waals surface area contributed by atoms with Gasteiger partial charge in [-0.25, -0.2) is 19.6 Å². The summed E-state index contributed by atoms with van der Waals surface area (Å²) in [5, 5.41) is 14.2.